The van der Waals surface area contributed by atoms with Crippen molar-refractivity contribution in [2.45, 2.75) is 25.4 Å². The minimum absolute atomic E-state index is 0.182. The van der Waals surface area contributed by atoms with Crippen molar-refractivity contribution in [3.8, 4) is 0 Å². The maximum Gasteiger partial charge on any atom is 0.255 e. The van der Waals surface area contributed by atoms with Gasteiger partial charge in [0.05, 0.1) is 52.9 Å². The predicted octanol–water partition coefficient (Wildman–Crippen LogP) is -0.169. The third-order valence-electron chi connectivity index (χ3n) is 7.02. The number of carbonyl (C=O) groups excluding carboxylic acids is 3. The van der Waals surface area contributed by atoms with Crippen molar-refractivity contribution < 1.29 is 33.3 Å². The Morgan fingerprint density at radius 1 is 0.872 bits per heavy atom. The second kappa shape index (κ2) is 15.8. The van der Waals surface area contributed by atoms with E-state index in [9.17, 15) is 14.4 Å². The number of piperidine rings is 1. The molecule has 3 aliphatic heterocycles. The summed E-state index contributed by atoms with van der Waals surface area (Å²) in [6.45, 7) is 10.5. The number of nitrogens with zero attached hydrogens (tertiary/aromatic N) is 2. The van der Waals surface area contributed by atoms with Gasteiger partial charge in [-0.2, -0.15) is 0 Å². The summed E-state index contributed by atoms with van der Waals surface area (Å²) >= 11 is 0. The molecule has 0 bridgehead atoms. The Kier molecular flexibility index (Phi) is 11.9. The van der Waals surface area contributed by atoms with Gasteiger partial charge in [0.25, 0.3) is 5.91 Å². The van der Waals surface area contributed by atoms with Gasteiger partial charge in [-0.1, -0.05) is 6.07 Å². The van der Waals surface area contributed by atoms with Crippen molar-refractivity contribution in [3.05, 3.63) is 29.3 Å². The Balaban J connectivity index is 1.00. The van der Waals surface area contributed by atoms with Gasteiger partial charge in [0.2, 0.25) is 11.8 Å². The second-order valence-corrected chi connectivity index (χ2v) is 9.70. The first kappa shape index (κ1) is 29.4. The van der Waals surface area contributed by atoms with Crippen LogP contribution >= 0.6 is 0 Å². The summed E-state index contributed by atoms with van der Waals surface area (Å²) < 4.78 is 22.3. The first-order valence-electron chi connectivity index (χ1n) is 13.9. The number of ether oxygens (including phenoxy) is 4. The Labute approximate surface area is 229 Å². The molecule has 12 heteroatoms. The number of hydrogen-bond acceptors (Lipinski definition) is 10. The average Bonchev–Trinajstić information content (AvgIpc) is 3.28. The third-order valence-corrected chi connectivity index (χ3v) is 7.02. The molecule has 3 aliphatic rings. The number of nitrogens with one attached hydrogen (secondary N) is 3. The summed E-state index contributed by atoms with van der Waals surface area (Å²) in [5.74, 6) is -0.881. The van der Waals surface area contributed by atoms with Crippen LogP contribution in [0.25, 0.3) is 0 Å². The molecule has 12 nitrogen and oxygen atoms in total. The number of carbonyl (C=O) groups is 3. The number of amides is 3. The van der Waals surface area contributed by atoms with Gasteiger partial charge in [0.15, 0.2) is 0 Å². The van der Waals surface area contributed by atoms with Crippen LogP contribution in [0.1, 0.15) is 28.8 Å². The highest BCUT2D eigenvalue weighted by molar-refractivity contribution is 6.06. The van der Waals surface area contributed by atoms with Gasteiger partial charge < -0.3 is 34.5 Å². The standard InChI is InChI=1S/C27H41N5O7/c33-25-5-4-24(26(34)30-25)32-20-22-21(27(32)35)2-1-3-23(22)29-8-12-36-14-16-38-18-19-39-17-15-37-13-11-31-9-6-28-7-10-31/h1-3,24,28-29H,4-20H2,(H,30,33,34). The SMILES string of the molecule is O=C1CCC(N2Cc3c(NCCOCCOCCOCCOCCN4CCNCC4)cccc3C2=O)C(=O)N1. The zero-order valence-electron chi connectivity index (χ0n) is 22.6. The lowest BCUT2D eigenvalue weighted by Gasteiger charge is -2.29. The average molecular weight is 548 g/mol. The molecule has 0 aromatic heterocycles. The highest BCUT2D eigenvalue weighted by Crippen LogP contribution is 2.32. The molecular weight excluding hydrogens is 506 g/mol. The lowest BCUT2D eigenvalue weighted by atomic mass is 10.0. The van der Waals surface area contributed by atoms with E-state index in [-0.39, 0.29) is 18.2 Å². The predicted molar refractivity (Wildman–Crippen MR) is 144 cm³/mol. The van der Waals surface area contributed by atoms with Gasteiger partial charge in [-0.05, 0) is 18.6 Å². The summed E-state index contributed by atoms with van der Waals surface area (Å²) in [5.41, 5.74) is 2.30. The van der Waals surface area contributed by atoms with E-state index in [1.54, 1.807) is 11.0 Å². The van der Waals surface area contributed by atoms with E-state index >= 15 is 0 Å². The molecule has 0 spiro atoms. The lowest BCUT2D eigenvalue weighted by molar-refractivity contribution is -0.136. The van der Waals surface area contributed by atoms with Gasteiger partial charge in [-0.15, -0.1) is 0 Å². The number of benzene rings is 1. The van der Waals surface area contributed by atoms with Crippen LogP contribution in [0.5, 0.6) is 0 Å². The maximum absolute atomic E-state index is 12.9. The molecule has 2 saturated heterocycles. The molecule has 2 fully saturated rings. The second-order valence-electron chi connectivity index (χ2n) is 9.70. The number of imide groups is 1. The Hall–Kier alpha value is -2.61. The molecule has 3 amide bonds. The summed E-state index contributed by atoms with van der Waals surface area (Å²) in [4.78, 5) is 40.6. The Morgan fingerprint density at radius 3 is 2.23 bits per heavy atom. The van der Waals surface area contributed by atoms with E-state index in [2.05, 4.69) is 20.9 Å². The monoisotopic (exact) mass is 547 g/mol. The summed E-state index contributed by atoms with van der Waals surface area (Å²) in [6.07, 6.45) is 0.586. The molecule has 0 aliphatic carbocycles. The van der Waals surface area contributed by atoms with Crippen molar-refractivity contribution in [2.75, 3.05) is 97.4 Å². The lowest BCUT2D eigenvalue weighted by Crippen LogP contribution is -2.52. The van der Waals surface area contributed by atoms with E-state index < -0.39 is 11.9 Å². The summed E-state index contributed by atoms with van der Waals surface area (Å²) in [6, 6.07) is 4.89. The number of anilines is 1. The van der Waals surface area contributed by atoms with Crippen LogP contribution < -0.4 is 16.0 Å². The fourth-order valence-electron chi connectivity index (χ4n) is 4.90. The Morgan fingerprint density at radius 2 is 1.54 bits per heavy atom. The van der Waals surface area contributed by atoms with Gasteiger partial charge in [0.1, 0.15) is 6.04 Å². The Bertz CT molecular complexity index is 956. The normalized spacial score (nSPS) is 19.8. The van der Waals surface area contributed by atoms with Crippen LogP contribution in [-0.4, -0.2) is 126 Å². The first-order chi connectivity index (χ1) is 19.1. The van der Waals surface area contributed by atoms with Crippen molar-refractivity contribution in [2.24, 2.45) is 0 Å². The van der Waals surface area contributed by atoms with Crippen LogP contribution in [0.3, 0.4) is 0 Å². The van der Waals surface area contributed by atoms with E-state index in [0.717, 1.165) is 50.6 Å². The van der Waals surface area contributed by atoms with Crippen LogP contribution in [0.4, 0.5) is 5.69 Å². The molecule has 3 N–H and O–H groups in total. The fourth-order valence-corrected chi connectivity index (χ4v) is 4.90. The zero-order valence-corrected chi connectivity index (χ0v) is 22.6. The van der Waals surface area contributed by atoms with Crippen molar-refractivity contribution in [1.29, 1.82) is 0 Å². The molecule has 1 aromatic rings. The van der Waals surface area contributed by atoms with Crippen molar-refractivity contribution >= 4 is 23.4 Å². The third kappa shape index (κ3) is 8.95. The van der Waals surface area contributed by atoms with Crippen LogP contribution in [0, 0.1) is 0 Å². The van der Waals surface area contributed by atoms with Crippen LogP contribution in [-0.2, 0) is 35.1 Å². The van der Waals surface area contributed by atoms with Crippen molar-refractivity contribution in [1.82, 2.24) is 20.4 Å². The molecule has 39 heavy (non-hydrogen) atoms. The van der Waals surface area contributed by atoms with Gasteiger partial charge in [0, 0.05) is 69.0 Å². The molecule has 0 radical (unpaired) electrons. The highest BCUT2D eigenvalue weighted by Gasteiger charge is 2.39. The summed E-state index contributed by atoms with van der Waals surface area (Å²) in [5, 5.41) is 9.00. The van der Waals surface area contributed by atoms with E-state index in [0.29, 0.717) is 71.3 Å². The fraction of sp³-hybridized carbons (Fsp3) is 0.667. The molecule has 216 valence electrons. The first-order valence-corrected chi connectivity index (χ1v) is 13.9. The van der Waals surface area contributed by atoms with Crippen molar-refractivity contribution in [3.63, 3.8) is 0 Å². The number of fused-ring (bicyclic) bond motifs is 1. The smallest absolute Gasteiger partial charge is 0.255 e. The summed E-state index contributed by atoms with van der Waals surface area (Å²) in [7, 11) is 0. The minimum atomic E-state index is -0.620. The van der Waals surface area contributed by atoms with Crippen LogP contribution in [0.15, 0.2) is 18.2 Å². The van der Waals surface area contributed by atoms with E-state index in [4.69, 9.17) is 18.9 Å². The van der Waals surface area contributed by atoms with Gasteiger partial charge >= 0.3 is 0 Å². The number of hydrogen-bond donors (Lipinski definition) is 3. The van der Waals surface area contributed by atoms with Gasteiger partial charge in [-0.25, -0.2) is 0 Å². The quantitative estimate of drug-likeness (QED) is 0.179. The molecule has 4 rings (SSSR count). The molecule has 3 heterocycles. The zero-order chi connectivity index (χ0) is 27.3. The molecular formula is C27H41N5O7. The molecule has 1 atom stereocenters. The largest absolute Gasteiger partial charge is 0.382 e. The number of piperazine rings is 1. The van der Waals surface area contributed by atoms with E-state index in [1.165, 1.54) is 0 Å². The minimum Gasteiger partial charge on any atom is -0.382 e. The number of rotatable bonds is 17. The van der Waals surface area contributed by atoms with Crippen LogP contribution in [0.2, 0.25) is 0 Å². The highest BCUT2D eigenvalue weighted by atomic mass is 16.6. The topological polar surface area (TPSA) is 131 Å². The van der Waals surface area contributed by atoms with E-state index in [1.807, 2.05) is 12.1 Å². The van der Waals surface area contributed by atoms with Gasteiger partial charge in [-0.3, -0.25) is 24.6 Å². The maximum atomic E-state index is 12.9. The molecule has 1 aromatic carbocycles. The molecule has 0 saturated carbocycles. The molecule has 1 unspecified atom stereocenters.